The lowest BCUT2D eigenvalue weighted by Crippen LogP contribution is -2.33. The van der Waals surface area contributed by atoms with Crippen molar-refractivity contribution in [1.29, 1.82) is 0 Å². The molecule has 0 bridgehead atoms. The van der Waals surface area contributed by atoms with Gasteiger partial charge < -0.3 is 15.0 Å². The minimum atomic E-state index is -0.315. The largest absolute Gasteiger partial charge is 0.497 e. The lowest BCUT2D eigenvalue weighted by atomic mass is 10.1. The third-order valence-corrected chi connectivity index (χ3v) is 5.17. The Hall–Kier alpha value is -2.53. The van der Waals surface area contributed by atoms with Crippen molar-refractivity contribution in [2.45, 2.75) is 19.4 Å². The summed E-state index contributed by atoms with van der Waals surface area (Å²) in [6.45, 7) is 1.42. The Labute approximate surface area is 164 Å². The molecule has 5 nitrogen and oxygen atoms in total. The predicted molar refractivity (Wildman–Crippen MR) is 105 cm³/mol. The summed E-state index contributed by atoms with van der Waals surface area (Å²) in [5.41, 5.74) is 1.97. The fraction of sp³-hybridized carbons (Fsp3) is 0.333. The Balaban J connectivity index is 1.50. The van der Waals surface area contributed by atoms with Gasteiger partial charge in [-0.25, -0.2) is 0 Å². The second-order valence-corrected chi connectivity index (χ2v) is 7.06. The molecule has 1 unspecified atom stereocenters. The molecular formula is C21H23ClN2O3. The molecule has 0 radical (unpaired) electrons. The van der Waals surface area contributed by atoms with Crippen molar-refractivity contribution < 1.29 is 14.3 Å². The Morgan fingerprint density at radius 1 is 1.26 bits per heavy atom. The number of hydrogen-bond donors (Lipinski definition) is 1. The number of ether oxygens (including phenoxy) is 1. The summed E-state index contributed by atoms with van der Waals surface area (Å²) in [6.07, 6.45) is 0.989. The quantitative estimate of drug-likeness (QED) is 0.795. The molecule has 2 aromatic rings. The monoisotopic (exact) mass is 386 g/mol. The van der Waals surface area contributed by atoms with Crippen molar-refractivity contribution in [2.75, 3.05) is 20.2 Å². The van der Waals surface area contributed by atoms with Gasteiger partial charge in [0, 0.05) is 31.1 Å². The third-order valence-electron chi connectivity index (χ3n) is 4.80. The molecule has 1 aliphatic rings. The number of carbonyl (C=O) groups excluding carboxylic acids is 2. The number of amides is 2. The first-order valence-corrected chi connectivity index (χ1v) is 9.36. The lowest BCUT2D eigenvalue weighted by molar-refractivity contribution is -0.129. The zero-order valence-electron chi connectivity index (χ0n) is 15.3. The van der Waals surface area contributed by atoms with E-state index in [-0.39, 0.29) is 24.2 Å². The van der Waals surface area contributed by atoms with Crippen LogP contribution < -0.4 is 10.1 Å². The average molecular weight is 387 g/mol. The zero-order valence-corrected chi connectivity index (χ0v) is 16.0. The molecule has 1 atom stereocenters. The van der Waals surface area contributed by atoms with Crippen LogP contribution in [-0.2, 0) is 22.6 Å². The Morgan fingerprint density at radius 2 is 2.07 bits per heavy atom. The molecule has 1 heterocycles. The van der Waals surface area contributed by atoms with Crippen LogP contribution in [0.1, 0.15) is 17.5 Å². The van der Waals surface area contributed by atoms with E-state index in [1.165, 1.54) is 0 Å². The second-order valence-electron chi connectivity index (χ2n) is 6.65. The Morgan fingerprint density at radius 3 is 2.85 bits per heavy atom. The summed E-state index contributed by atoms with van der Waals surface area (Å²) >= 11 is 6.11. The Bertz CT molecular complexity index is 825. The second kappa shape index (κ2) is 8.91. The number of rotatable bonds is 7. The standard InChI is InChI=1S/C21H23ClN2O3/c1-27-18-7-4-5-15(11-18)9-10-24-14-17(12-20(24)25)21(26)23-13-16-6-2-3-8-19(16)22/h2-8,11,17H,9-10,12-14H2,1H3,(H,23,26). The number of benzene rings is 2. The molecule has 0 aromatic heterocycles. The minimum absolute atomic E-state index is 0.0239. The van der Waals surface area contributed by atoms with Crippen LogP contribution in [0.3, 0.4) is 0 Å². The number of nitrogens with one attached hydrogen (secondary N) is 1. The van der Waals surface area contributed by atoms with Crippen LogP contribution in [0.15, 0.2) is 48.5 Å². The first-order valence-electron chi connectivity index (χ1n) is 8.98. The van der Waals surface area contributed by atoms with Crippen molar-refractivity contribution in [3.05, 3.63) is 64.7 Å². The third kappa shape index (κ3) is 5.01. The molecule has 2 aromatic carbocycles. The summed E-state index contributed by atoms with van der Waals surface area (Å²) in [4.78, 5) is 26.5. The van der Waals surface area contributed by atoms with Crippen molar-refractivity contribution in [3.8, 4) is 5.75 Å². The molecule has 1 fully saturated rings. The number of halogens is 1. The minimum Gasteiger partial charge on any atom is -0.497 e. The van der Waals surface area contributed by atoms with Crippen LogP contribution in [0.5, 0.6) is 5.75 Å². The molecular weight excluding hydrogens is 364 g/mol. The van der Waals surface area contributed by atoms with Crippen molar-refractivity contribution in [1.82, 2.24) is 10.2 Å². The molecule has 1 aliphatic heterocycles. The van der Waals surface area contributed by atoms with Gasteiger partial charge in [-0.05, 0) is 35.7 Å². The first kappa shape index (κ1) is 19.2. The highest BCUT2D eigenvalue weighted by molar-refractivity contribution is 6.31. The van der Waals surface area contributed by atoms with Gasteiger partial charge in [0.05, 0.1) is 13.0 Å². The highest BCUT2D eigenvalue weighted by Gasteiger charge is 2.33. The van der Waals surface area contributed by atoms with E-state index in [1.54, 1.807) is 18.1 Å². The van der Waals surface area contributed by atoms with Crippen molar-refractivity contribution in [3.63, 3.8) is 0 Å². The zero-order chi connectivity index (χ0) is 19.2. The van der Waals surface area contributed by atoms with Crippen LogP contribution in [0.25, 0.3) is 0 Å². The summed E-state index contributed by atoms with van der Waals surface area (Å²) in [5, 5.41) is 3.52. The number of nitrogens with zero attached hydrogens (tertiary/aromatic N) is 1. The molecule has 0 aliphatic carbocycles. The maximum absolute atomic E-state index is 12.4. The fourth-order valence-electron chi connectivity index (χ4n) is 3.22. The fourth-order valence-corrected chi connectivity index (χ4v) is 3.43. The van der Waals surface area contributed by atoms with Gasteiger partial charge in [-0.3, -0.25) is 9.59 Å². The van der Waals surface area contributed by atoms with Gasteiger partial charge in [-0.2, -0.15) is 0 Å². The lowest BCUT2D eigenvalue weighted by Gasteiger charge is -2.17. The van der Waals surface area contributed by atoms with Gasteiger partial charge in [0.1, 0.15) is 5.75 Å². The summed E-state index contributed by atoms with van der Waals surface area (Å²) < 4.78 is 5.23. The highest BCUT2D eigenvalue weighted by Crippen LogP contribution is 2.20. The topological polar surface area (TPSA) is 58.6 Å². The van der Waals surface area contributed by atoms with Gasteiger partial charge in [-0.15, -0.1) is 0 Å². The SMILES string of the molecule is COc1cccc(CCN2CC(C(=O)NCc3ccccc3Cl)CC2=O)c1. The maximum atomic E-state index is 12.4. The molecule has 2 amide bonds. The van der Waals surface area contributed by atoms with Crippen molar-refractivity contribution in [2.24, 2.45) is 5.92 Å². The van der Waals surface area contributed by atoms with E-state index < -0.39 is 0 Å². The molecule has 1 N–H and O–H groups in total. The molecule has 0 spiro atoms. The van der Waals surface area contributed by atoms with Crippen LogP contribution in [0.2, 0.25) is 5.02 Å². The number of likely N-dealkylation sites (tertiary alicyclic amines) is 1. The average Bonchev–Trinajstić information content (AvgIpc) is 3.06. The molecule has 3 rings (SSSR count). The molecule has 0 saturated carbocycles. The van der Waals surface area contributed by atoms with Crippen molar-refractivity contribution >= 4 is 23.4 Å². The smallest absolute Gasteiger partial charge is 0.225 e. The van der Waals surface area contributed by atoms with E-state index in [4.69, 9.17) is 16.3 Å². The van der Waals surface area contributed by atoms with E-state index in [0.717, 1.165) is 23.3 Å². The van der Waals surface area contributed by atoms with E-state index in [0.29, 0.717) is 24.7 Å². The van der Waals surface area contributed by atoms with E-state index in [1.807, 2.05) is 42.5 Å². The van der Waals surface area contributed by atoms with Gasteiger partial charge in [0.25, 0.3) is 0 Å². The number of methoxy groups -OCH3 is 1. The van der Waals surface area contributed by atoms with Gasteiger partial charge >= 0.3 is 0 Å². The van der Waals surface area contributed by atoms with Crippen LogP contribution >= 0.6 is 11.6 Å². The van der Waals surface area contributed by atoms with Gasteiger partial charge in [0.15, 0.2) is 0 Å². The predicted octanol–water partition coefficient (Wildman–Crippen LogP) is 3.06. The van der Waals surface area contributed by atoms with E-state index in [2.05, 4.69) is 5.32 Å². The highest BCUT2D eigenvalue weighted by atomic mass is 35.5. The van der Waals surface area contributed by atoms with Crippen LogP contribution in [0.4, 0.5) is 0 Å². The molecule has 1 saturated heterocycles. The number of carbonyl (C=O) groups is 2. The van der Waals surface area contributed by atoms with Gasteiger partial charge in [0.2, 0.25) is 11.8 Å². The Kier molecular flexibility index (Phi) is 6.35. The molecule has 27 heavy (non-hydrogen) atoms. The normalized spacial score (nSPS) is 16.4. The molecule has 6 heteroatoms. The summed E-state index contributed by atoms with van der Waals surface area (Å²) in [5.74, 6) is 0.408. The summed E-state index contributed by atoms with van der Waals surface area (Å²) in [7, 11) is 1.63. The summed E-state index contributed by atoms with van der Waals surface area (Å²) in [6, 6.07) is 15.2. The first-order chi connectivity index (χ1) is 13.1. The van der Waals surface area contributed by atoms with Gasteiger partial charge in [-0.1, -0.05) is 41.9 Å². The number of hydrogen-bond acceptors (Lipinski definition) is 3. The van der Waals surface area contributed by atoms with Crippen LogP contribution in [-0.4, -0.2) is 36.9 Å². The van der Waals surface area contributed by atoms with E-state index >= 15 is 0 Å². The van der Waals surface area contributed by atoms with Crippen LogP contribution in [0, 0.1) is 5.92 Å². The van der Waals surface area contributed by atoms with E-state index in [9.17, 15) is 9.59 Å². The molecule has 142 valence electrons. The maximum Gasteiger partial charge on any atom is 0.225 e.